The Kier molecular flexibility index (Phi) is 10.2. The Hall–Kier alpha value is -4.05. The minimum atomic E-state index is -1.17. The summed E-state index contributed by atoms with van der Waals surface area (Å²) in [6.45, 7) is 7.44. The van der Waals surface area contributed by atoms with Crippen molar-refractivity contribution >= 4 is 40.8 Å². The number of hydrogen-bond donors (Lipinski definition) is 2. The summed E-state index contributed by atoms with van der Waals surface area (Å²) in [5.41, 5.74) is 0.169. The summed E-state index contributed by atoms with van der Waals surface area (Å²) in [6.07, 6.45) is 0.260. The molecule has 0 saturated heterocycles. The lowest BCUT2D eigenvalue weighted by Crippen LogP contribution is -2.50. The van der Waals surface area contributed by atoms with E-state index >= 15 is 0 Å². The molecule has 0 bridgehead atoms. The number of halogens is 1. The summed E-state index contributed by atoms with van der Waals surface area (Å²) in [6, 6.07) is 12.2. The second kappa shape index (κ2) is 13.3. The number of rotatable bonds is 12. The fourth-order valence-corrected chi connectivity index (χ4v) is 4.20. The second-order valence-corrected chi connectivity index (χ2v) is 10.2. The number of carbonyl (C=O) groups is 3. The number of benzene rings is 2. The van der Waals surface area contributed by atoms with Crippen LogP contribution in [0.5, 0.6) is 11.5 Å². The fourth-order valence-electron chi connectivity index (χ4n) is 3.96. The highest BCUT2D eigenvalue weighted by Crippen LogP contribution is 2.39. The maximum absolute atomic E-state index is 14.0. The monoisotopic (exact) mass is 570 g/mol. The van der Waals surface area contributed by atoms with E-state index in [0.29, 0.717) is 40.0 Å². The highest BCUT2D eigenvalue weighted by Gasteiger charge is 2.37. The van der Waals surface area contributed by atoms with Crippen molar-refractivity contribution in [2.75, 3.05) is 24.4 Å². The molecule has 2 N–H and O–H groups in total. The van der Waals surface area contributed by atoms with E-state index in [9.17, 15) is 14.4 Å². The van der Waals surface area contributed by atoms with Crippen LogP contribution in [0.25, 0.3) is 0 Å². The van der Waals surface area contributed by atoms with Crippen LogP contribution in [0, 0.1) is 6.92 Å². The Morgan fingerprint density at radius 1 is 1.07 bits per heavy atom. The van der Waals surface area contributed by atoms with E-state index in [0.717, 1.165) is 0 Å². The Balaban J connectivity index is 2.07. The van der Waals surface area contributed by atoms with E-state index in [1.54, 1.807) is 55.5 Å². The Labute approximate surface area is 238 Å². The molecule has 1 aromatic heterocycles. The molecule has 40 heavy (non-hydrogen) atoms. The summed E-state index contributed by atoms with van der Waals surface area (Å²) >= 11 is 6.60. The van der Waals surface area contributed by atoms with Crippen LogP contribution in [0.15, 0.2) is 53.1 Å². The van der Waals surface area contributed by atoms with E-state index in [1.807, 2.05) is 20.8 Å². The summed E-state index contributed by atoms with van der Waals surface area (Å²) < 4.78 is 15.9. The van der Waals surface area contributed by atoms with E-state index in [1.165, 1.54) is 19.1 Å². The molecule has 214 valence electrons. The highest BCUT2D eigenvalue weighted by molar-refractivity contribution is 6.31. The van der Waals surface area contributed by atoms with Crippen LogP contribution >= 0.6 is 11.6 Å². The van der Waals surface area contributed by atoms with Gasteiger partial charge in [0, 0.05) is 41.1 Å². The van der Waals surface area contributed by atoms with Gasteiger partial charge in [0.15, 0.2) is 5.82 Å². The van der Waals surface area contributed by atoms with Crippen LogP contribution in [0.3, 0.4) is 0 Å². The molecule has 0 fully saturated rings. The van der Waals surface area contributed by atoms with Crippen LogP contribution in [0.4, 0.5) is 11.5 Å². The lowest BCUT2D eigenvalue weighted by atomic mass is 9.97. The van der Waals surface area contributed by atoms with Gasteiger partial charge in [-0.2, -0.15) is 0 Å². The maximum Gasteiger partial charge on any atom is 0.248 e. The van der Waals surface area contributed by atoms with E-state index in [4.69, 9.17) is 25.6 Å². The van der Waals surface area contributed by atoms with Gasteiger partial charge in [-0.15, -0.1) is 0 Å². The Morgan fingerprint density at radius 3 is 2.40 bits per heavy atom. The van der Waals surface area contributed by atoms with Crippen LogP contribution in [0.1, 0.15) is 57.4 Å². The molecular weight excluding hydrogens is 536 g/mol. The van der Waals surface area contributed by atoms with Crippen molar-refractivity contribution in [1.82, 2.24) is 10.5 Å². The number of hydrogen-bond acceptors (Lipinski definition) is 7. The van der Waals surface area contributed by atoms with Gasteiger partial charge in [0.25, 0.3) is 0 Å². The fraction of sp³-hybridized carbons (Fsp3) is 0.379. The van der Waals surface area contributed by atoms with Crippen molar-refractivity contribution in [3.8, 4) is 11.5 Å². The number of amides is 3. The van der Waals surface area contributed by atoms with Crippen molar-refractivity contribution < 1.29 is 28.4 Å². The summed E-state index contributed by atoms with van der Waals surface area (Å²) in [5, 5.41) is 9.71. The van der Waals surface area contributed by atoms with Gasteiger partial charge in [-0.05, 0) is 45.4 Å². The van der Waals surface area contributed by atoms with Gasteiger partial charge >= 0.3 is 0 Å². The van der Waals surface area contributed by atoms with Crippen LogP contribution in [-0.2, 0) is 14.4 Å². The summed E-state index contributed by atoms with van der Waals surface area (Å²) in [5.74, 6) is 0.217. The third-order valence-corrected chi connectivity index (χ3v) is 6.77. The molecule has 1 unspecified atom stereocenters. The molecule has 0 spiro atoms. The average Bonchev–Trinajstić information content (AvgIpc) is 3.34. The average molecular weight is 571 g/mol. The molecule has 3 aromatic rings. The normalized spacial score (nSPS) is 11.9. The lowest BCUT2D eigenvalue weighted by Gasteiger charge is -2.35. The number of aromatic nitrogens is 1. The number of methoxy groups -OCH3 is 2. The third kappa shape index (κ3) is 7.53. The zero-order valence-electron chi connectivity index (χ0n) is 23.5. The van der Waals surface area contributed by atoms with E-state index < -0.39 is 29.3 Å². The van der Waals surface area contributed by atoms with Gasteiger partial charge in [-0.3, -0.25) is 19.3 Å². The molecule has 10 nitrogen and oxygen atoms in total. The molecular formula is C29H35ClN4O6. The van der Waals surface area contributed by atoms with Crippen molar-refractivity contribution in [1.29, 1.82) is 0 Å². The van der Waals surface area contributed by atoms with Crippen molar-refractivity contribution in [2.24, 2.45) is 0 Å². The van der Waals surface area contributed by atoms with Crippen molar-refractivity contribution in [2.45, 2.75) is 58.5 Å². The quantitative estimate of drug-likeness (QED) is 0.297. The predicted molar refractivity (Wildman–Crippen MR) is 153 cm³/mol. The zero-order valence-corrected chi connectivity index (χ0v) is 24.3. The number of carbonyl (C=O) groups excluding carboxylic acids is 3. The number of nitrogens with zero attached hydrogens (tertiary/aromatic N) is 2. The first-order chi connectivity index (χ1) is 19.0. The van der Waals surface area contributed by atoms with Gasteiger partial charge < -0.3 is 24.6 Å². The standard InChI is InChI=1S/C29H35ClN4O6/c1-7-29(3,4)32-28(37)27(20-10-8-9-11-21(20)30)34(22-13-12-19(38-5)17-23(22)39-6)26(36)15-14-25(35)31-24-16-18(2)40-33-24/h8-13,16-17,27H,7,14-15H2,1-6H3,(H,32,37)(H,31,33,35). The first kappa shape index (κ1) is 30.5. The van der Waals surface area contributed by atoms with E-state index in [2.05, 4.69) is 15.8 Å². The van der Waals surface area contributed by atoms with Gasteiger partial charge in [0.1, 0.15) is 23.3 Å². The lowest BCUT2D eigenvalue weighted by molar-refractivity contribution is -0.128. The van der Waals surface area contributed by atoms with Crippen LogP contribution in [0.2, 0.25) is 5.02 Å². The minimum absolute atomic E-state index is 0.170. The Bertz CT molecular complexity index is 1360. The first-order valence-electron chi connectivity index (χ1n) is 12.8. The summed E-state index contributed by atoms with van der Waals surface area (Å²) in [4.78, 5) is 41.9. The van der Waals surface area contributed by atoms with E-state index in [-0.39, 0.29) is 18.7 Å². The molecule has 0 aliphatic carbocycles. The van der Waals surface area contributed by atoms with Crippen molar-refractivity contribution in [3.63, 3.8) is 0 Å². The number of nitrogens with one attached hydrogen (secondary N) is 2. The van der Waals surface area contributed by atoms with Gasteiger partial charge in [-0.1, -0.05) is 41.9 Å². The number of anilines is 2. The molecule has 3 amide bonds. The summed E-state index contributed by atoms with van der Waals surface area (Å²) in [7, 11) is 2.97. The van der Waals surface area contributed by atoms with Gasteiger partial charge in [-0.25, -0.2) is 0 Å². The predicted octanol–water partition coefficient (Wildman–Crippen LogP) is 5.45. The smallest absolute Gasteiger partial charge is 0.248 e. The Morgan fingerprint density at radius 2 is 1.80 bits per heavy atom. The van der Waals surface area contributed by atoms with Crippen molar-refractivity contribution in [3.05, 3.63) is 64.9 Å². The highest BCUT2D eigenvalue weighted by atomic mass is 35.5. The van der Waals surface area contributed by atoms with Gasteiger partial charge in [0.05, 0.1) is 19.9 Å². The molecule has 0 radical (unpaired) electrons. The first-order valence-corrected chi connectivity index (χ1v) is 13.2. The largest absolute Gasteiger partial charge is 0.497 e. The van der Waals surface area contributed by atoms with Gasteiger partial charge in [0.2, 0.25) is 17.7 Å². The molecule has 3 rings (SSSR count). The van der Waals surface area contributed by atoms with Crippen LogP contribution in [-0.4, -0.2) is 42.6 Å². The second-order valence-electron chi connectivity index (χ2n) is 9.82. The molecule has 0 aliphatic rings. The topological polar surface area (TPSA) is 123 Å². The zero-order chi connectivity index (χ0) is 29.4. The molecule has 11 heteroatoms. The molecule has 2 aromatic carbocycles. The SMILES string of the molecule is CCC(C)(C)NC(=O)C(c1ccccc1Cl)N(C(=O)CCC(=O)Nc1cc(C)on1)c1ccc(OC)cc1OC. The number of ether oxygens (including phenoxy) is 2. The minimum Gasteiger partial charge on any atom is -0.497 e. The van der Waals surface area contributed by atoms with Crippen LogP contribution < -0.4 is 25.0 Å². The number of aryl methyl sites for hydroxylation is 1. The molecule has 0 saturated carbocycles. The molecule has 0 aliphatic heterocycles. The third-order valence-electron chi connectivity index (χ3n) is 6.43. The molecule has 1 atom stereocenters. The maximum atomic E-state index is 14.0. The molecule has 1 heterocycles.